The summed E-state index contributed by atoms with van der Waals surface area (Å²) in [6, 6.07) is 3.80. The summed E-state index contributed by atoms with van der Waals surface area (Å²) in [6.07, 6.45) is -2.62. The normalized spacial score (nSPS) is 31.9. The van der Waals surface area contributed by atoms with Gasteiger partial charge in [0.2, 0.25) is 5.78 Å². The number of carbonyl (C=O) groups is 2. The quantitative estimate of drug-likeness (QED) is 0.291. The van der Waals surface area contributed by atoms with Crippen LogP contribution >= 0.6 is 0 Å². The Balaban J connectivity index is 1.42. The van der Waals surface area contributed by atoms with Crippen LogP contribution in [-0.2, 0) is 20.6 Å². The van der Waals surface area contributed by atoms with Crippen LogP contribution in [0.5, 0.6) is 17.2 Å². The summed E-state index contributed by atoms with van der Waals surface area (Å²) in [4.78, 5) is 29.2. The number of morpholine rings is 1. The Kier molecular flexibility index (Phi) is 7.08. The first-order valence-electron chi connectivity index (χ1n) is 14.1. The maximum absolute atomic E-state index is 13.6. The molecule has 4 aliphatic rings. The molecule has 6 atom stereocenters. The van der Waals surface area contributed by atoms with Crippen LogP contribution in [-0.4, -0.2) is 98.4 Å². The number of hydrogen-bond donors (Lipinski definition) is 5. The van der Waals surface area contributed by atoms with Crippen LogP contribution < -0.4 is 0 Å². The number of fused-ring (bicyclic) bond motifs is 3. The molecule has 5 N–H and O–H groups in total. The summed E-state index contributed by atoms with van der Waals surface area (Å²) >= 11 is 0. The summed E-state index contributed by atoms with van der Waals surface area (Å²) in [7, 11) is 0. The van der Waals surface area contributed by atoms with Crippen molar-refractivity contribution < 1.29 is 49.3 Å². The molecule has 2 saturated heterocycles. The number of nitrogens with zero attached hydrogens (tertiary/aromatic N) is 1. The van der Waals surface area contributed by atoms with Crippen LogP contribution in [0.15, 0.2) is 18.2 Å². The van der Waals surface area contributed by atoms with Crippen LogP contribution in [0.4, 0.5) is 0 Å². The molecule has 0 spiro atoms. The molecular formula is C30H35NO10. The van der Waals surface area contributed by atoms with Gasteiger partial charge in [0.15, 0.2) is 12.1 Å². The molecule has 0 radical (unpaired) electrons. The molecule has 0 bridgehead atoms. The maximum Gasteiger partial charge on any atom is 0.202 e. The first-order chi connectivity index (χ1) is 19.5. The van der Waals surface area contributed by atoms with Gasteiger partial charge in [0.1, 0.15) is 17.2 Å². The highest BCUT2D eigenvalue weighted by molar-refractivity contribution is 6.31. The fourth-order valence-corrected chi connectivity index (χ4v) is 6.79. The summed E-state index contributed by atoms with van der Waals surface area (Å²) in [5.41, 5.74) is -2.20. The van der Waals surface area contributed by atoms with Gasteiger partial charge in [-0.15, -0.1) is 0 Å². The third-order valence-electron chi connectivity index (χ3n) is 9.12. The molecule has 11 heteroatoms. The molecule has 2 aromatic carbocycles. The van der Waals surface area contributed by atoms with Crippen LogP contribution in [0.25, 0.3) is 0 Å². The molecule has 0 saturated carbocycles. The van der Waals surface area contributed by atoms with E-state index < -0.39 is 64.6 Å². The molecule has 2 aliphatic heterocycles. The number of rotatable bonds is 4. The molecule has 220 valence electrons. The van der Waals surface area contributed by atoms with Crippen molar-refractivity contribution in [2.75, 3.05) is 26.3 Å². The third kappa shape index (κ3) is 4.52. The van der Waals surface area contributed by atoms with Crippen LogP contribution in [0.2, 0.25) is 0 Å². The van der Waals surface area contributed by atoms with Gasteiger partial charge in [-0.1, -0.05) is 19.1 Å². The van der Waals surface area contributed by atoms with Gasteiger partial charge in [-0.25, -0.2) is 0 Å². The smallest absolute Gasteiger partial charge is 0.202 e. The van der Waals surface area contributed by atoms with Gasteiger partial charge < -0.3 is 39.7 Å². The van der Waals surface area contributed by atoms with E-state index >= 15 is 0 Å². The molecule has 11 nitrogen and oxygen atoms in total. The number of ether oxygens (including phenoxy) is 3. The van der Waals surface area contributed by atoms with Gasteiger partial charge in [-0.05, 0) is 19.4 Å². The third-order valence-corrected chi connectivity index (χ3v) is 9.12. The second kappa shape index (κ2) is 10.3. The van der Waals surface area contributed by atoms with Gasteiger partial charge in [-0.2, -0.15) is 0 Å². The zero-order chi connectivity index (χ0) is 29.2. The molecule has 2 aromatic rings. The maximum atomic E-state index is 13.6. The van der Waals surface area contributed by atoms with Crippen molar-refractivity contribution in [2.45, 2.75) is 75.8 Å². The lowest BCUT2D eigenvalue weighted by Crippen LogP contribution is -2.57. The Bertz CT molecular complexity index is 1400. The van der Waals surface area contributed by atoms with Gasteiger partial charge in [0, 0.05) is 55.1 Å². The summed E-state index contributed by atoms with van der Waals surface area (Å²) < 4.78 is 17.9. The fraction of sp³-hybridized carbons (Fsp3) is 0.533. The van der Waals surface area contributed by atoms with E-state index in [4.69, 9.17) is 14.2 Å². The molecule has 0 aromatic heterocycles. The lowest BCUT2D eigenvalue weighted by atomic mass is 9.72. The molecule has 6 rings (SSSR count). The zero-order valence-corrected chi connectivity index (χ0v) is 23.0. The number of aliphatic hydroxyl groups excluding tert-OH is 1. The average Bonchev–Trinajstić information content (AvgIpc) is 2.95. The van der Waals surface area contributed by atoms with E-state index in [1.807, 2.05) is 0 Å². The van der Waals surface area contributed by atoms with Crippen molar-refractivity contribution in [2.24, 2.45) is 0 Å². The Morgan fingerprint density at radius 2 is 1.76 bits per heavy atom. The predicted molar refractivity (Wildman–Crippen MR) is 143 cm³/mol. The van der Waals surface area contributed by atoms with Crippen LogP contribution in [0.1, 0.15) is 82.2 Å². The van der Waals surface area contributed by atoms with Gasteiger partial charge >= 0.3 is 0 Å². The van der Waals surface area contributed by atoms with Crippen molar-refractivity contribution in [3.8, 4) is 17.2 Å². The van der Waals surface area contributed by atoms with Gasteiger partial charge in [0.25, 0.3) is 0 Å². The summed E-state index contributed by atoms with van der Waals surface area (Å²) in [5.74, 6) is -2.95. The molecule has 2 heterocycles. The Labute approximate surface area is 236 Å². The van der Waals surface area contributed by atoms with Crippen molar-refractivity contribution in [1.82, 2.24) is 4.90 Å². The Morgan fingerprint density at radius 3 is 2.46 bits per heavy atom. The van der Waals surface area contributed by atoms with E-state index in [-0.39, 0.29) is 46.7 Å². The van der Waals surface area contributed by atoms with Crippen molar-refractivity contribution in [3.05, 3.63) is 51.6 Å². The Morgan fingerprint density at radius 1 is 1.05 bits per heavy atom. The number of carbonyl (C=O) groups excluding carboxylic acids is 2. The minimum absolute atomic E-state index is 0.0330. The van der Waals surface area contributed by atoms with E-state index in [9.17, 15) is 35.1 Å². The van der Waals surface area contributed by atoms with Gasteiger partial charge in [0.05, 0.1) is 53.8 Å². The SMILES string of the molecule is CCC1(O)Cc2c(O)c3c(c(O)c2C(OC2CC(N4CCOCC4)C(O)C(C)O2)C1)C(=O)c1c(O)cccc1C3=O. The summed E-state index contributed by atoms with van der Waals surface area (Å²) in [5, 5.41) is 55.7. The number of aliphatic hydroxyl groups is 2. The first-order valence-corrected chi connectivity index (χ1v) is 14.1. The van der Waals surface area contributed by atoms with E-state index in [2.05, 4.69) is 4.90 Å². The molecule has 6 unspecified atom stereocenters. The number of aromatic hydroxyl groups is 3. The minimum Gasteiger partial charge on any atom is -0.507 e. The topological polar surface area (TPSA) is 166 Å². The molecule has 2 fully saturated rings. The Hall–Kier alpha value is -3.06. The highest BCUT2D eigenvalue weighted by atomic mass is 16.7. The largest absolute Gasteiger partial charge is 0.507 e. The van der Waals surface area contributed by atoms with E-state index in [1.54, 1.807) is 13.8 Å². The van der Waals surface area contributed by atoms with Crippen molar-refractivity contribution in [3.63, 3.8) is 0 Å². The monoisotopic (exact) mass is 569 g/mol. The first kappa shape index (κ1) is 28.1. The average molecular weight is 570 g/mol. The minimum atomic E-state index is -1.34. The fourth-order valence-electron chi connectivity index (χ4n) is 6.79. The molecule has 41 heavy (non-hydrogen) atoms. The van der Waals surface area contributed by atoms with Crippen molar-refractivity contribution >= 4 is 11.6 Å². The number of ketones is 2. The van der Waals surface area contributed by atoms with Crippen LogP contribution in [0, 0.1) is 0 Å². The molecular weight excluding hydrogens is 534 g/mol. The standard InChI is InChI=1S/C30H35NO10/c1-3-30(38)12-16-22(19(13-30)41-20-11-17(25(33)14(2)40-20)31-7-9-39-10-8-31)29(37)24-23(27(16)35)26(34)15-5-4-6-18(32)21(15)28(24)36/h4-6,14,17,19-20,25,32-33,35,37-38H,3,7-13H2,1-2H3. The lowest BCUT2D eigenvalue weighted by Gasteiger charge is -2.46. The molecule has 2 aliphatic carbocycles. The highest BCUT2D eigenvalue weighted by Crippen LogP contribution is 2.52. The van der Waals surface area contributed by atoms with Gasteiger partial charge in [-0.3, -0.25) is 14.5 Å². The number of phenols is 3. The zero-order valence-electron chi connectivity index (χ0n) is 23.0. The summed E-state index contributed by atoms with van der Waals surface area (Å²) in [6.45, 7) is 5.93. The predicted octanol–water partition coefficient (Wildman–Crippen LogP) is 1.92. The highest BCUT2D eigenvalue weighted by Gasteiger charge is 2.48. The van der Waals surface area contributed by atoms with E-state index in [1.165, 1.54) is 18.2 Å². The number of hydrogen-bond acceptors (Lipinski definition) is 11. The second-order valence-corrected chi connectivity index (χ2v) is 11.5. The second-order valence-electron chi connectivity index (χ2n) is 11.5. The molecule has 0 amide bonds. The number of phenolic OH excluding ortho intramolecular Hbond substituents is 3. The van der Waals surface area contributed by atoms with E-state index in [0.29, 0.717) is 39.1 Å². The lowest BCUT2D eigenvalue weighted by molar-refractivity contribution is -0.261. The van der Waals surface area contributed by atoms with Crippen LogP contribution in [0.3, 0.4) is 0 Å². The van der Waals surface area contributed by atoms with E-state index in [0.717, 1.165) is 0 Å². The number of benzene rings is 2. The van der Waals surface area contributed by atoms with Crippen molar-refractivity contribution in [1.29, 1.82) is 0 Å².